The lowest BCUT2D eigenvalue weighted by molar-refractivity contribution is -0.122. The molecule has 0 spiro atoms. The van der Waals surface area contributed by atoms with Crippen LogP contribution < -0.4 is 5.32 Å². The maximum atomic E-state index is 11.8. The van der Waals surface area contributed by atoms with Crippen molar-refractivity contribution in [3.63, 3.8) is 0 Å². The van der Waals surface area contributed by atoms with E-state index in [0.29, 0.717) is 6.54 Å². The van der Waals surface area contributed by atoms with Crippen LogP contribution in [0.2, 0.25) is 0 Å². The molecule has 96 valence electrons. The number of nitrogens with zero attached hydrogens (tertiary/aromatic N) is 2. The maximum Gasteiger partial charge on any atom is 0.240 e. The number of hydrogen-bond acceptors (Lipinski definition) is 2. The Morgan fingerprint density at radius 1 is 1.47 bits per heavy atom. The molecule has 0 aliphatic carbocycles. The smallest absolute Gasteiger partial charge is 0.240 e. The van der Waals surface area contributed by atoms with Gasteiger partial charge < -0.3 is 9.88 Å². The number of imidazole rings is 1. The number of aromatic nitrogens is 2. The van der Waals surface area contributed by atoms with Gasteiger partial charge in [-0.05, 0) is 19.8 Å². The van der Waals surface area contributed by atoms with Crippen molar-refractivity contribution in [2.24, 2.45) is 0 Å². The number of rotatable bonds is 7. The second-order valence-electron chi connectivity index (χ2n) is 4.48. The average Bonchev–Trinajstić information content (AvgIpc) is 2.66. The van der Waals surface area contributed by atoms with Gasteiger partial charge in [-0.3, -0.25) is 4.79 Å². The predicted octanol–water partition coefficient (Wildman–Crippen LogP) is 2.14. The van der Waals surface area contributed by atoms with Crippen molar-refractivity contribution >= 4 is 5.91 Å². The van der Waals surface area contributed by atoms with E-state index in [0.717, 1.165) is 31.5 Å². The molecule has 0 fully saturated rings. The Morgan fingerprint density at radius 2 is 2.24 bits per heavy atom. The minimum absolute atomic E-state index is 0.0707. The van der Waals surface area contributed by atoms with E-state index in [1.165, 1.54) is 0 Å². The first kappa shape index (κ1) is 13.7. The summed E-state index contributed by atoms with van der Waals surface area (Å²) in [7, 11) is 0. The van der Waals surface area contributed by atoms with Gasteiger partial charge in [0.15, 0.2) is 0 Å². The van der Waals surface area contributed by atoms with Gasteiger partial charge in [-0.15, -0.1) is 0 Å². The molecule has 0 aliphatic heterocycles. The molecule has 17 heavy (non-hydrogen) atoms. The molecule has 4 heteroatoms. The first-order valence-corrected chi connectivity index (χ1v) is 6.46. The molecule has 0 saturated carbocycles. The highest BCUT2D eigenvalue weighted by Gasteiger charge is 2.09. The molecule has 4 nitrogen and oxygen atoms in total. The van der Waals surface area contributed by atoms with Crippen LogP contribution in [-0.4, -0.2) is 21.5 Å². The van der Waals surface area contributed by atoms with Crippen molar-refractivity contribution in [1.82, 2.24) is 14.9 Å². The number of nitrogens with one attached hydrogen (secondary N) is 1. The van der Waals surface area contributed by atoms with Crippen LogP contribution in [-0.2, 0) is 17.8 Å². The molecule has 0 aliphatic rings. The third-order valence-corrected chi connectivity index (χ3v) is 2.72. The highest BCUT2D eigenvalue weighted by Crippen LogP contribution is 2.02. The molecule has 0 saturated heterocycles. The van der Waals surface area contributed by atoms with Crippen LogP contribution in [0.1, 0.15) is 45.9 Å². The molecule has 1 heterocycles. The monoisotopic (exact) mass is 237 g/mol. The summed E-state index contributed by atoms with van der Waals surface area (Å²) in [5.74, 6) is 1.06. The van der Waals surface area contributed by atoms with Crippen molar-refractivity contribution in [2.75, 3.05) is 0 Å². The van der Waals surface area contributed by atoms with E-state index in [1.807, 2.05) is 17.7 Å². The van der Waals surface area contributed by atoms with Crippen molar-refractivity contribution in [3.05, 3.63) is 18.2 Å². The first-order valence-electron chi connectivity index (χ1n) is 6.46. The second kappa shape index (κ2) is 7.09. The molecule has 0 bridgehead atoms. The Morgan fingerprint density at radius 3 is 2.88 bits per heavy atom. The average molecular weight is 237 g/mol. The van der Waals surface area contributed by atoms with Crippen LogP contribution >= 0.6 is 0 Å². The zero-order chi connectivity index (χ0) is 12.7. The fourth-order valence-electron chi connectivity index (χ4n) is 1.92. The van der Waals surface area contributed by atoms with E-state index in [-0.39, 0.29) is 11.9 Å². The van der Waals surface area contributed by atoms with Crippen LogP contribution in [0.3, 0.4) is 0 Å². The van der Waals surface area contributed by atoms with Gasteiger partial charge in [0, 0.05) is 24.9 Å². The minimum atomic E-state index is 0.0707. The Labute approximate surface area is 103 Å². The Hall–Kier alpha value is -1.32. The van der Waals surface area contributed by atoms with Crippen LogP contribution in [0, 0.1) is 0 Å². The molecule has 1 atom stereocenters. The minimum Gasteiger partial charge on any atom is -0.352 e. The number of aryl methyl sites for hydroxylation is 1. The second-order valence-corrected chi connectivity index (χ2v) is 4.48. The number of hydrogen-bond donors (Lipinski definition) is 1. The SMILES string of the molecule is CCCc1nccn1CC(=O)NC(C)CCC. The largest absolute Gasteiger partial charge is 0.352 e. The van der Waals surface area contributed by atoms with Crippen molar-refractivity contribution in [1.29, 1.82) is 0 Å². The summed E-state index contributed by atoms with van der Waals surface area (Å²) in [6.07, 6.45) is 7.71. The third kappa shape index (κ3) is 4.59. The molecule has 0 radical (unpaired) electrons. The fraction of sp³-hybridized carbons (Fsp3) is 0.692. The Kier molecular flexibility index (Phi) is 5.73. The van der Waals surface area contributed by atoms with Crippen molar-refractivity contribution in [3.8, 4) is 0 Å². The first-order chi connectivity index (χ1) is 8.17. The summed E-state index contributed by atoms with van der Waals surface area (Å²) in [6, 6.07) is 0.255. The van der Waals surface area contributed by atoms with Crippen molar-refractivity contribution < 1.29 is 4.79 Å². The zero-order valence-corrected chi connectivity index (χ0v) is 11.1. The topological polar surface area (TPSA) is 46.9 Å². The Bertz CT molecular complexity index is 346. The summed E-state index contributed by atoms with van der Waals surface area (Å²) in [4.78, 5) is 16.0. The lowest BCUT2D eigenvalue weighted by Gasteiger charge is -2.13. The van der Waals surface area contributed by atoms with Gasteiger partial charge in [0.1, 0.15) is 12.4 Å². The van der Waals surface area contributed by atoms with E-state index < -0.39 is 0 Å². The van der Waals surface area contributed by atoms with E-state index in [1.54, 1.807) is 6.20 Å². The highest BCUT2D eigenvalue weighted by atomic mass is 16.2. The predicted molar refractivity (Wildman–Crippen MR) is 68.7 cm³/mol. The fourth-order valence-corrected chi connectivity index (χ4v) is 1.92. The van der Waals surface area contributed by atoms with E-state index in [2.05, 4.69) is 24.1 Å². The molecule has 1 aromatic rings. The van der Waals surface area contributed by atoms with Gasteiger partial charge in [-0.2, -0.15) is 0 Å². The van der Waals surface area contributed by atoms with Crippen LogP contribution in [0.5, 0.6) is 0 Å². The summed E-state index contributed by atoms with van der Waals surface area (Å²) >= 11 is 0. The molecular weight excluding hydrogens is 214 g/mol. The van der Waals surface area contributed by atoms with Gasteiger partial charge in [0.25, 0.3) is 0 Å². The van der Waals surface area contributed by atoms with Gasteiger partial charge in [-0.25, -0.2) is 4.98 Å². The van der Waals surface area contributed by atoms with E-state index in [9.17, 15) is 4.79 Å². The molecule has 1 unspecified atom stereocenters. The number of amides is 1. The van der Waals surface area contributed by atoms with Gasteiger partial charge in [0.2, 0.25) is 5.91 Å². The standard InChI is InChI=1S/C13H23N3O/c1-4-6-11(3)15-13(17)10-16-9-8-14-12(16)7-5-2/h8-9,11H,4-7,10H2,1-3H3,(H,15,17). The lowest BCUT2D eigenvalue weighted by Crippen LogP contribution is -2.35. The molecular formula is C13H23N3O. The van der Waals surface area contributed by atoms with Crippen LogP contribution in [0.4, 0.5) is 0 Å². The molecule has 1 aromatic heterocycles. The lowest BCUT2D eigenvalue weighted by atomic mass is 10.2. The normalized spacial score (nSPS) is 12.4. The molecule has 1 N–H and O–H groups in total. The number of carbonyl (C=O) groups excluding carboxylic acids is 1. The Balaban J connectivity index is 2.47. The van der Waals surface area contributed by atoms with Crippen LogP contribution in [0.15, 0.2) is 12.4 Å². The number of carbonyl (C=O) groups is 1. The van der Waals surface area contributed by atoms with Gasteiger partial charge in [0.05, 0.1) is 0 Å². The van der Waals surface area contributed by atoms with Crippen LogP contribution in [0.25, 0.3) is 0 Å². The van der Waals surface area contributed by atoms with Crippen molar-refractivity contribution in [2.45, 2.75) is 59.0 Å². The highest BCUT2D eigenvalue weighted by molar-refractivity contribution is 5.76. The molecule has 1 rings (SSSR count). The van der Waals surface area contributed by atoms with E-state index >= 15 is 0 Å². The third-order valence-electron chi connectivity index (χ3n) is 2.72. The summed E-state index contributed by atoms with van der Waals surface area (Å²) in [5, 5.41) is 3.00. The maximum absolute atomic E-state index is 11.8. The summed E-state index contributed by atoms with van der Waals surface area (Å²) in [5.41, 5.74) is 0. The molecule has 0 aromatic carbocycles. The zero-order valence-electron chi connectivity index (χ0n) is 11.1. The van der Waals surface area contributed by atoms with E-state index in [4.69, 9.17) is 0 Å². The van der Waals surface area contributed by atoms with Gasteiger partial charge >= 0.3 is 0 Å². The molecule has 1 amide bonds. The summed E-state index contributed by atoms with van der Waals surface area (Å²) in [6.45, 7) is 6.66. The quantitative estimate of drug-likeness (QED) is 0.789. The summed E-state index contributed by atoms with van der Waals surface area (Å²) < 4.78 is 1.93. The van der Waals surface area contributed by atoms with Gasteiger partial charge in [-0.1, -0.05) is 20.3 Å².